The van der Waals surface area contributed by atoms with Crippen molar-refractivity contribution in [1.82, 2.24) is 0 Å². The van der Waals surface area contributed by atoms with Gasteiger partial charge < -0.3 is 0 Å². The van der Waals surface area contributed by atoms with E-state index in [1.54, 1.807) is 0 Å². The molecule has 0 aliphatic carbocycles. The van der Waals surface area contributed by atoms with Crippen LogP contribution in [-0.2, 0) is 0 Å². The maximum absolute atomic E-state index is 11.8. The Morgan fingerprint density at radius 3 is 1.27 bits per heavy atom. The van der Waals surface area contributed by atoms with E-state index < -0.39 is 21.6 Å². The van der Waals surface area contributed by atoms with Crippen molar-refractivity contribution in [2.24, 2.45) is 0 Å². The quantitative estimate of drug-likeness (QED) is 0.593. The Hall–Kier alpha value is -0.0700. The molecular weight excluding hydrogens is 194 g/mol. The molecule has 0 fully saturated rings. The van der Waals surface area contributed by atoms with Gasteiger partial charge >= 0.3 is 0 Å². The molecule has 0 aromatic rings. The number of hydrogen-bond donors (Lipinski definition) is 0. The number of alkyl halides is 1. The molecule has 7 heteroatoms. The van der Waals surface area contributed by atoms with Gasteiger partial charge in [-0.2, -0.15) is 0 Å². The topological polar surface area (TPSA) is 0 Å². The summed E-state index contributed by atoms with van der Waals surface area (Å²) in [5, 5.41) is 0. The van der Waals surface area contributed by atoms with E-state index in [4.69, 9.17) is 0 Å². The molecule has 0 saturated heterocycles. The number of halogens is 6. The molecule has 72 valence electrons. The van der Waals surface area contributed by atoms with Gasteiger partial charge in [0.05, 0.1) is 0 Å². The summed E-state index contributed by atoms with van der Waals surface area (Å²) in [6.07, 6.45) is 0. The molecule has 11 heavy (non-hydrogen) atoms. The van der Waals surface area contributed by atoms with E-state index in [1.165, 1.54) is 0 Å². The van der Waals surface area contributed by atoms with E-state index >= 15 is 0 Å². The fraction of sp³-hybridized carbons (Fsp3) is 1.00. The minimum Gasteiger partial charge on any atom is -0.249 e. The van der Waals surface area contributed by atoms with Crippen LogP contribution in [0.5, 0.6) is 0 Å². The molecule has 0 nitrogen and oxygen atoms in total. The maximum Gasteiger partial charge on any atom is 0.292 e. The molecule has 0 aromatic carbocycles. The Morgan fingerprint density at radius 1 is 1.00 bits per heavy atom. The monoisotopic (exact) mass is 202 g/mol. The zero-order chi connectivity index (χ0) is 9.62. The molecular formula is C4H8F6S. The first-order valence-electron chi connectivity index (χ1n) is 2.60. The Labute approximate surface area is 60.3 Å². The first-order valence-corrected chi connectivity index (χ1v) is 4.55. The molecule has 0 rings (SSSR count). The first-order chi connectivity index (χ1) is 4.31. The van der Waals surface area contributed by atoms with Crippen molar-refractivity contribution in [2.75, 3.05) is 6.67 Å². The van der Waals surface area contributed by atoms with Crippen LogP contribution in [0, 0.1) is 0 Å². The van der Waals surface area contributed by atoms with Crippen LogP contribution in [0.25, 0.3) is 0 Å². The molecule has 0 N–H and O–H groups in total. The van der Waals surface area contributed by atoms with Crippen molar-refractivity contribution in [3.05, 3.63) is 0 Å². The van der Waals surface area contributed by atoms with E-state index in [9.17, 15) is 23.8 Å². The predicted molar refractivity (Wildman–Crippen MR) is 33.2 cm³/mol. The van der Waals surface area contributed by atoms with Crippen LogP contribution in [0.4, 0.5) is 23.8 Å². The van der Waals surface area contributed by atoms with Crippen LogP contribution in [0.3, 0.4) is 0 Å². The molecule has 0 aromatic heterocycles. The summed E-state index contributed by atoms with van der Waals surface area (Å²) >= 11 is 0. The lowest BCUT2D eigenvalue weighted by Gasteiger charge is -2.51. The van der Waals surface area contributed by atoms with Gasteiger partial charge in [-0.05, 0) is 13.8 Å². The average Bonchev–Trinajstić information content (AvgIpc) is 1.58. The molecule has 0 atom stereocenters. The zero-order valence-electron chi connectivity index (χ0n) is 5.88. The van der Waals surface area contributed by atoms with Gasteiger partial charge in [0.15, 0.2) is 0 Å². The van der Waals surface area contributed by atoms with Crippen molar-refractivity contribution < 1.29 is 23.8 Å². The summed E-state index contributed by atoms with van der Waals surface area (Å²) in [6.45, 7) is -1.81. The van der Waals surface area contributed by atoms with E-state index in [1.807, 2.05) is 0 Å². The molecule has 0 aliphatic rings. The lowest BCUT2D eigenvalue weighted by Crippen LogP contribution is -2.37. The van der Waals surface area contributed by atoms with Crippen LogP contribution in [0.1, 0.15) is 13.8 Å². The second-order valence-corrected chi connectivity index (χ2v) is 5.91. The molecule has 0 heterocycles. The van der Waals surface area contributed by atoms with Crippen LogP contribution in [-0.4, -0.2) is 11.4 Å². The summed E-state index contributed by atoms with van der Waals surface area (Å²) < 4.78 is 66.8. The van der Waals surface area contributed by atoms with Gasteiger partial charge in [0.2, 0.25) is 0 Å². The maximum atomic E-state index is 11.8. The summed E-state index contributed by atoms with van der Waals surface area (Å²) in [7, 11) is -9.65. The van der Waals surface area contributed by atoms with Gasteiger partial charge in [-0.15, -0.1) is 0 Å². The van der Waals surface area contributed by atoms with E-state index in [2.05, 4.69) is 0 Å². The molecule has 0 spiro atoms. The van der Waals surface area contributed by atoms with Crippen LogP contribution in [0.2, 0.25) is 0 Å². The number of hydrogen-bond acceptors (Lipinski definition) is 0. The SMILES string of the molecule is CC(C)(CF)S(F)(F)(F)(F)F. The first kappa shape index (κ1) is 10.9. The van der Waals surface area contributed by atoms with Gasteiger partial charge in [0, 0.05) is 0 Å². The molecule has 0 amide bonds. The van der Waals surface area contributed by atoms with E-state index in [0.29, 0.717) is 0 Å². The zero-order valence-corrected chi connectivity index (χ0v) is 6.70. The summed E-state index contributed by atoms with van der Waals surface area (Å²) in [4.78, 5) is 0. The van der Waals surface area contributed by atoms with Crippen molar-refractivity contribution >= 4 is 10.2 Å². The van der Waals surface area contributed by atoms with E-state index in [0.717, 1.165) is 0 Å². The van der Waals surface area contributed by atoms with Gasteiger partial charge in [0.25, 0.3) is 10.2 Å². The van der Waals surface area contributed by atoms with Crippen LogP contribution >= 0.6 is 10.2 Å². The van der Waals surface area contributed by atoms with Crippen molar-refractivity contribution in [3.8, 4) is 0 Å². The normalized spacial score (nSPS) is 20.7. The summed E-state index contributed by atoms with van der Waals surface area (Å²) in [5.41, 5.74) is 0. The highest BCUT2D eigenvalue weighted by Gasteiger charge is 2.75. The minimum atomic E-state index is -9.65. The Balaban J connectivity index is 5.17. The molecule has 0 unspecified atom stereocenters. The highest BCUT2D eigenvalue weighted by molar-refractivity contribution is 8.46. The molecule has 0 aliphatic heterocycles. The third-order valence-electron chi connectivity index (χ3n) is 1.37. The smallest absolute Gasteiger partial charge is 0.249 e. The van der Waals surface area contributed by atoms with Gasteiger partial charge in [0.1, 0.15) is 11.4 Å². The fourth-order valence-electron chi connectivity index (χ4n) is 0.103. The Bertz CT molecular complexity index is 162. The highest BCUT2D eigenvalue weighted by atomic mass is 32.5. The predicted octanol–water partition coefficient (Wildman–Crippen LogP) is 4.03. The lowest BCUT2D eigenvalue weighted by atomic mass is 10.2. The third kappa shape index (κ3) is 1.94. The Morgan fingerprint density at radius 2 is 1.27 bits per heavy atom. The number of rotatable bonds is 2. The Kier molecular flexibility index (Phi) is 1.64. The van der Waals surface area contributed by atoms with Crippen molar-refractivity contribution in [2.45, 2.75) is 18.6 Å². The summed E-state index contributed by atoms with van der Waals surface area (Å²) in [5.74, 6) is 0. The van der Waals surface area contributed by atoms with E-state index in [-0.39, 0.29) is 13.8 Å². The summed E-state index contributed by atoms with van der Waals surface area (Å²) in [6, 6.07) is 0. The fourth-order valence-corrected chi connectivity index (χ4v) is 0.309. The minimum absolute atomic E-state index is 0.147. The van der Waals surface area contributed by atoms with Crippen LogP contribution < -0.4 is 0 Å². The molecule has 0 saturated carbocycles. The standard InChI is InChI=1S/C4H8F6S/c1-4(2,3-5)11(6,7,8,9)10/h3H2,1-2H3. The van der Waals surface area contributed by atoms with Gasteiger partial charge in [-0.25, -0.2) is 4.39 Å². The second-order valence-electron chi connectivity index (χ2n) is 2.86. The highest BCUT2D eigenvalue weighted by Crippen LogP contribution is 3.03. The third-order valence-corrected chi connectivity index (χ3v) is 3.56. The van der Waals surface area contributed by atoms with Crippen LogP contribution in [0.15, 0.2) is 0 Å². The van der Waals surface area contributed by atoms with Gasteiger partial charge in [-0.3, -0.25) is 0 Å². The molecule has 0 bridgehead atoms. The van der Waals surface area contributed by atoms with Gasteiger partial charge in [-0.1, -0.05) is 19.4 Å². The largest absolute Gasteiger partial charge is 0.292 e. The van der Waals surface area contributed by atoms with Crippen molar-refractivity contribution in [1.29, 1.82) is 0 Å². The molecule has 0 radical (unpaired) electrons. The second kappa shape index (κ2) is 1.65. The lowest BCUT2D eigenvalue weighted by molar-refractivity contribution is 0.280. The van der Waals surface area contributed by atoms with Crippen molar-refractivity contribution in [3.63, 3.8) is 0 Å². The average molecular weight is 202 g/mol.